The molecule has 5 heteroatoms. The van der Waals surface area contributed by atoms with Gasteiger partial charge in [0.25, 0.3) is 0 Å². The lowest BCUT2D eigenvalue weighted by molar-refractivity contribution is 0.168. The quantitative estimate of drug-likeness (QED) is 0.546. The summed E-state index contributed by atoms with van der Waals surface area (Å²) in [6.07, 6.45) is 1.69. The number of benzene rings is 1. The minimum Gasteiger partial charge on any atom is -0.381 e. The zero-order chi connectivity index (χ0) is 15.2. The molecule has 0 saturated heterocycles. The maximum atomic E-state index is 12.1. The van der Waals surface area contributed by atoms with Crippen LogP contribution in [0.4, 0.5) is 0 Å². The van der Waals surface area contributed by atoms with E-state index in [0.29, 0.717) is 11.5 Å². The lowest BCUT2D eigenvalue weighted by atomic mass is 10.2. The highest BCUT2D eigenvalue weighted by Crippen LogP contribution is 2.13. The average Bonchev–Trinajstić information content (AvgIpc) is 2.33. The van der Waals surface area contributed by atoms with E-state index in [4.69, 9.17) is 4.74 Å². The fraction of sp³-hybridized carbons (Fsp3) is 0.533. The average molecular weight is 314 g/mol. The molecular formula is C15H25O3SSi. The van der Waals surface area contributed by atoms with Gasteiger partial charge in [0.05, 0.1) is 17.3 Å². The predicted molar refractivity (Wildman–Crippen MR) is 86.5 cm³/mol. The van der Waals surface area contributed by atoms with Crippen LogP contribution in [0.2, 0.25) is 25.7 Å². The Morgan fingerprint density at radius 3 is 2.30 bits per heavy atom. The number of ether oxygens (including phenoxy) is 1. The van der Waals surface area contributed by atoms with Crippen molar-refractivity contribution in [3.63, 3.8) is 0 Å². The van der Waals surface area contributed by atoms with Crippen LogP contribution in [0, 0.1) is 13.3 Å². The molecule has 113 valence electrons. The van der Waals surface area contributed by atoms with Crippen LogP contribution >= 0.6 is 0 Å². The number of sulfone groups is 1. The molecule has 0 aliphatic carbocycles. The topological polar surface area (TPSA) is 43.4 Å². The monoisotopic (exact) mass is 313 g/mol. The van der Waals surface area contributed by atoms with Crippen LogP contribution in [0.5, 0.6) is 0 Å². The molecule has 1 aromatic rings. The van der Waals surface area contributed by atoms with Crippen molar-refractivity contribution in [3.8, 4) is 0 Å². The smallest absolute Gasteiger partial charge is 0.178 e. The fourth-order valence-corrected chi connectivity index (χ4v) is 3.50. The lowest BCUT2D eigenvalue weighted by Gasteiger charge is -2.15. The highest BCUT2D eigenvalue weighted by molar-refractivity contribution is 7.91. The summed E-state index contributed by atoms with van der Waals surface area (Å²) in [5.41, 5.74) is 1.06. The Morgan fingerprint density at radius 2 is 1.75 bits per heavy atom. The van der Waals surface area contributed by atoms with E-state index in [1.807, 2.05) is 19.1 Å². The van der Waals surface area contributed by atoms with Gasteiger partial charge >= 0.3 is 0 Å². The molecule has 20 heavy (non-hydrogen) atoms. The van der Waals surface area contributed by atoms with Crippen LogP contribution in [0.1, 0.15) is 5.56 Å². The van der Waals surface area contributed by atoms with Crippen molar-refractivity contribution < 1.29 is 13.2 Å². The van der Waals surface area contributed by atoms with Crippen molar-refractivity contribution in [1.82, 2.24) is 0 Å². The molecule has 0 aromatic heterocycles. The summed E-state index contributed by atoms with van der Waals surface area (Å²) in [5.74, 6) is 0.0308. The molecule has 0 fully saturated rings. The maximum absolute atomic E-state index is 12.1. The van der Waals surface area contributed by atoms with Gasteiger partial charge in [0.1, 0.15) is 0 Å². The Hall–Kier alpha value is -0.653. The van der Waals surface area contributed by atoms with Crippen LogP contribution in [-0.4, -0.2) is 35.5 Å². The van der Waals surface area contributed by atoms with Gasteiger partial charge < -0.3 is 4.74 Å². The van der Waals surface area contributed by atoms with Gasteiger partial charge in [-0.15, -0.1) is 0 Å². The third-order valence-corrected chi connectivity index (χ3v) is 6.32. The highest BCUT2D eigenvalue weighted by atomic mass is 32.2. The van der Waals surface area contributed by atoms with Crippen molar-refractivity contribution in [1.29, 1.82) is 0 Å². The Kier molecular flexibility index (Phi) is 6.42. The molecule has 0 unspecified atom stereocenters. The van der Waals surface area contributed by atoms with E-state index in [2.05, 4.69) is 19.6 Å². The van der Waals surface area contributed by atoms with E-state index in [9.17, 15) is 8.42 Å². The van der Waals surface area contributed by atoms with Crippen molar-refractivity contribution in [3.05, 3.63) is 36.2 Å². The Labute approximate surface area is 124 Å². The number of aryl methyl sites for hydroxylation is 1. The summed E-state index contributed by atoms with van der Waals surface area (Å²) in [6.45, 7) is 9.94. The van der Waals surface area contributed by atoms with Crippen molar-refractivity contribution in [2.24, 2.45) is 0 Å². The maximum Gasteiger partial charge on any atom is 0.178 e. The van der Waals surface area contributed by atoms with Gasteiger partial charge in [0, 0.05) is 21.1 Å². The molecule has 0 N–H and O–H groups in total. The third kappa shape index (κ3) is 6.68. The van der Waals surface area contributed by atoms with Crippen LogP contribution < -0.4 is 0 Å². The highest BCUT2D eigenvalue weighted by Gasteiger charge is 2.14. The molecule has 1 radical (unpaired) electrons. The molecule has 3 nitrogen and oxygen atoms in total. The Morgan fingerprint density at radius 1 is 1.15 bits per heavy atom. The summed E-state index contributed by atoms with van der Waals surface area (Å²) in [7, 11) is -4.29. The van der Waals surface area contributed by atoms with E-state index < -0.39 is 17.9 Å². The molecule has 0 aliphatic heterocycles. The summed E-state index contributed by atoms with van der Waals surface area (Å²) in [5, 5.41) is 0. The van der Waals surface area contributed by atoms with Gasteiger partial charge in [-0.25, -0.2) is 8.42 Å². The molecule has 1 aromatic carbocycles. The zero-order valence-corrected chi connectivity index (χ0v) is 14.7. The van der Waals surface area contributed by atoms with E-state index in [0.717, 1.165) is 18.2 Å². The summed E-state index contributed by atoms with van der Waals surface area (Å²) < 4.78 is 29.6. The van der Waals surface area contributed by atoms with Crippen LogP contribution in [-0.2, 0) is 14.6 Å². The normalized spacial score (nSPS) is 12.6. The number of hydrogen-bond donors (Lipinski definition) is 0. The third-order valence-electron chi connectivity index (χ3n) is 2.95. The van der Waals surface area contributed by atoms with Crippen molar-refractivity contribution in [2.75, 3.05) is 19.0 Å². The minimum atomic E-state index is -3.22. The first-order valence-electron chi connectivity index (χ1n) is 6.89. The second-order valence-corrected chi connectivity index (χ2v) is 13.9. The fourth-order valence-electron chi connectivity index (χ4n) is 1.59. The number of rotatable bonds is 8. The molecule has 0 amide bonds. The van der Waals surface area contributed by atoms with Gasteiger partial charge in [-0.3, -0.25) is 0 Å². The van der Waals surface area contributed by atoms with Gasteiger partial charge in [-0.1, -0.05) is 37.3 Å². The first-order valence-corrected chi connectivity index (χ1v) is 12.3. The van der Waals surface area contributed by atoms with Crippen molar-refractivity contribution >= 4 is 17.9 Å². The molecule has 0 heterocycles. The van der Waals surface area contributed by atoms with Gasteiger partial charge in [0.2, 0.25) is 0 Å². The molecule has 1 rings (SSSR count). The molecule has 0 aliphatic rings. The largest absolute Gasteiger partial charge is 0.381 e. The molecule has 0 spiro atoms. The first kappa shape index (κ1) is 17.4. The summed E-state index contributed by atoms with van der Waals surface area (Å²) in [4.78, 5) is 0.376. The van der Waals surface area contributed by atoms with E-state index in [1.54, 1.807) is 18.6 Å². The van der Waals surface area contributed by atoms with E-state index in [1.165, 1.54) is 0 Å². The lowest BCUT2D eigenvalue weighted by Crippen LogP contribution is -2.22. The Bertz CT molecular complexity index is 501. The SMILES string of the molecule is Cc1ccc(S(=O)(=O)C[CH]COCC[Si](C)(C)C)cc1. The van der Waals surface area contributed by atoms with Gasteiger partial charge in [-0.2, -0.15) is 0 Å². The minimum absolute atomic E-state index is 0.0308. The summed E-state index contributed by atoms with van der Waals surface area (Å²) in [6, 6.07) is 8.05. The van der Waals surface area contributed by atoms with E-state index >= 15 is 0 Å². The second kappa shape index (κ2) is 7.38. The van der Waals surface area contributed by atoms with Crippen molar-refractivity contribution in [2.45, 2.75) is 37.5 Å². The number of hydrogen-bond acceptors (Lipinski definition) is 3. The first-order chi connectivity index (χ1) is 9.21. The van der Waals surface area contributed by atoms with Crippen LogP contribution in [0.3, 0.4) is 0 Å². The van der Waals surface area contributed by atoms with Crippen LogP contribution in [0.15, 0.2) is 29.2 Å². The van der Waals surface area contributed by atoms with E-state index in [-0.39, 0.29) is 5.75 Å². The Balaban J connectivity index is 2.32. The van der Waals surface area contributed by atoms with Crippen LogP contribution in [0.25, 0.3) is 0 Å². The second-order valence-electron chi connectivity index (χ2n) is 6.27. The van der Waals surface area contributed by atoms with Gasteiger partial charge in [0.15, 0.2) is 9.84 Å². The molecular weight excluding hydrogens is 288 g/mol. The van der Waals surface area contributed by atoms with Gasteiger partial charge in [-0.05, 0) is 25.1 Å². The zero-order valence-electron chi connectivity index (χ0n) is 12.8. The standard InChI is InChI=1S/C15H25O3SSi/c1-14-6-8-15(9-7-14)19(16,17)12-5-10-18-11-13-20(2,3)4/h5-9H,10-13H2,1-4H3. The predicted octanol–water partition coefficient (Wildman–Crippen LogP) is 3.33. The molecule has 0 bridgehead atoms. The molecule has 0 atom stereocenters. The molecule has 0 saturated carbocycles. The summed E-state index contributed by atoms with van der Waals surface area (Å²) >= 11 is 0.